The molecule has 0 rings (SSSR count). The first kappa shape index (κ1) is 7.68. The molecular formula is C4H8NO2P. The first-order chi connectivity index (χ1) is 3.81. The molecule has 2 unspecified atom stereocenters. The van der Waals surface area contributed by atoms with E-state index in [1.54, 1.807) is 6.92 Å². The third kappa shape index (κ3) is 3.86. The summed E-state index contributed by atoms with van der Waals surface area (Å²) in [5.41, 5.74) is 0. The molecule has 0 aliphatic heterocycles. The van der Waals surface area contributed by atoms with Crippen molar-refractivity contribution >= 4 is 8.69 Å². The van der Waals surface area contributed by atoms with E-state index in [2.05, 4.69) is 4.52 Å². The summed E-state index contributed by atoms with van der Waals surface area (Å²) in [6, 6.07) is 1.95. The Balaban J connectivity index is 3.14. The van der Waals surface area contributed by atoms with E-state index in [1.807, 2.05) is 6.07 Å². The summed E-state index contributed by atoms with van der Waals surface area (Å²) >= 11 is 0. The molecule has 0 aromatic heterocycles. The fourth-order valence-electron chi connectivity index (χ4n) is 0.221. The molecule has 3 nitrogen and oxygen atoms in total. The third-order valence-electron chi connectivity index (χ3n) is 0.635. The van der Waals surface area contributed by atoms with Gasteiger partial charge in [-0.25, -0.2) is 0 Å². The van der Waals surface area contributed by atoms with Crippen LogP contribution in [0.25, 0.3) is 0 Å². The van der Waals surface area contributed by atoms with E-state index in [0.29, 0.717) is 0 Å². The van der Waals surface area contributed by atoms with Crippen LogP contribution >= 0.6 is 8.69 Å². The molecule has 0 heterocycles. The van der Waals surface area contributed by atoms with Crippen molar-refractivity contribution in [2.45, 2.75) is 6.92 Å². The van der Waals surface area contributed by atoms with Crippen LogP contribution in [0.5, 0.6) is 0 Å². The molecule has 0 radical (unpaired) electrons. The lowest BCUT2D eigenvalue weighted by molar-refractivity contribution is 0.312. The van der Waals surface area contributed by atoms with E-state index in [4.69, 9.17) is 5.26 Å². The molecule has 0 spiro atoms. The molecule has 0 aliphatic rings. The second-order valence-electron chi connectivity index (χ2n) is 1.46. The number of rotatable bonds is 3. The normalized spacial score (nSPS) is 14.0. The molecule has 0 fully saturated rings. The first-order valence-electron chi connectivity index (χ1n) is 2.26. The molecule has 8 heavy (non-hydrogen) atoms. The van der Waals surface area contributed by atoms with Gasteiger partial charge in [-0.1, -0.05) is 0 Å². The van der Waals surface area contributed by atoms with E-state index in [0.717, 1.165) is 0 Å². The van der Waals surface area contributed by atoms with Gasteiger partial charge in [0.1, 0.15) is 0 Å². The molecule has 2 atom stereocenters. The fourth-order valence-corrected chi connectivity index (χ4v) is 0.588. The van der Waals surface area contributed by atoms with Gasteiger partial charge < -0.3 is 4.52 Å². The Labute approximate surface area is 49.5 Å². The maximum atomic E-state index is 9.70. The van der Waals surface area contributed by atoms with Gasteiger partial charge in [0.15, 0.2) is 8.69 Å². The predicted molar refractivity (Wildman–Crippen MR) is 31.1 cm³/mol. The lowest BCUT2D eigenvalue weighted by atomic mass is 10.2. The Morgan fingerprint density at radius 1 is 2.00 bits per heavy atom. The van der Waals surface area contributed by atoms with Gasteiger partial charge in [-0.05, 0) is 6.92 Å². The topological polar surface area (TPSA) is 50.1 Å². The van der Waals surface area contributed by atoms with Crippen LogP contribution < -0.4 is 0 Å². The average molecular weight is 133 g/mol. The largest absolute Gasteiger partial charge is 0.331 e. The maximum absolute atomic E-state index is 9.70. The molecule has 0 aliphatic carbocycles. The molecule has 0 amide bonds. The van der Waals surface area contributed by atoms with Crippen molar-refractivity contribution in [3.8, 4) is 6.07 Å². The molecule has 46 valence electrons. The lowest BCUT2D eigenvalue weighted by Crippen LogP contribution is -1.96. The van der Waals surface area contributed by atoms with E-state index in [9.17, 15) is 4.57 Å². The summed E-state index contributed by atoms with van der Waals surface area (Å²) in [7, 11) is -1.14. The summed E-state index contributed by atoms with van der Waals surface area (Å²) in [5.74, 6) is -0.142. The van der Waals surface area contributed by atoms with Crippen LogP contribution in [0.1, 0.15) is 6.92 Å². The predicted octanol–water partition coefficient (Wildman–Crippen LogP) is 0.834. The van der Waals surface area contributed by atoms with Crippen molar-refractivity contribution in [3.63, 3.8) is 0 Å². The molecule has 0 saturated carbocycles. The number of nitriles is 1. The van der Waals surface area contributed by atoms with Gasteiger partial charge in [0.25, 0.3) is 0 Å². The number of hydrogen-bond donors (Lipinski definition) is 0. The van der Waals surface area contributed by atoms with Crippen LogP contribution in [0.15, 0.2) is 0 Å². The molecule has 0 aromatic rings. The maximum Gasteiger partial charge on any atom is 0.179 e. The Morgan fingerprint density at radius 3 is 3.00 bits per heavy atom. The van der Waals surface area contributed by atoms with E-state index in [1.165, 1.54) is 0 Å². The van der Waals surface area contributed by atoms with Gasteiger partial charge in [0.05, 0.1) is 18.6 Å². The Bertz CT molecular complexity index is 109. The van der Waals surface area contributed by atoms with Crippen LogP contribution in [-0.4, -0.2) is 6.61 Å². The second kappa shape index (κ2) is 4.83. The minimum Gasteiger partial charge on any atom is -0.331 e. The minimum atomic E-state index is -1.14. The second-order valence-corrected chi connectivity index (χ2v) is 1.99. The highest BCUT2D eigenvalue weighted by Gasteiger charge is 1.95. The molecule has 0 aromatic carbocycles. The fraction of sp³-hybridized carbons (Fsp3) is 0.750. The van der Waals surface area contributed by atoms with Crippen LogP contribution in [0.4, 0.5) is 0 Å². The smallest absolute Gasteiger partial charge is 0.179 e. The van der Waals surface area contributed by atoms with Gasteiger partial charge in [0.2, 0.25) is 0 Å². The number of hydrogen-bond acceptors (Lipinski definition) is 3. The monoisotopic (exact) mass is 133 g/mol. The van der Waals surface area contributed by atoms with Crippen LogP contribution in [0.3, 0.4) is 0 Å². The molecule has 0 saturated heterocycles. The zero-order valence-electron chi connectivity index (χ0n) is 4.63. The summed E-state index contributed by atoms with van der Waals surface area (Å²) in [6.45, 7) is 2.00. The average Bonchev–Trinajstić information content (AvgIpc) is 1.83. The summed E-state index contributed by atoms with van der Waals surface area (Å²) in [4.78, 5) is 0. The minimum absolute atomic E-state index is 0.142. The van der Waals surface area contributed by atoms with E-state index < -0.39 is 8.69 Å². The third-order valence-corrected chi connectivity index (χ3v) is 0.963. The van der Waals surface area contributed by atoms with E-state index in [-0.39, 0.29) is 12.5 Å². The van der Waals surface area contributed by atoms with Gasteiger partial charge in [-0.15, -0.1) is 0 Å². The highest BCUT2D eigenvalue weighted by Crippen LogP contribution is 1.99. The summed E-state index contributed by atoms with van der Waals surface area (Å²) < 4.78 is 14.2. The molecule has 4 heteroatoms. The standard InChI is InChI=1S/C4H8NO2P/c1-4(2-5)3-7-8-6/h4H,3,8H2,1H3. The van der Waals surface area contributed by atoms with Crippen molar-refractivity contribution in [2.24, 2.45) is 5.92 Å². The molecule has 0 bridgehead atoms. The SMILES string of the molecule is CC(C#N)CO[PH2]=O. The van der Waals surface area contributed by atoms with Crippen molar-refractivity contribution in [1.29, 1.82) is 5.26 Å². The summed E-state index contributed by atoms with van der Waals surface area (Å²) in [5, 5.41) is 8.14. The van der Waals surface area contributed by atoms with Crippen LogP contribution in [0.2, 0.25) is 0 Å². The highest BCUT2D eigenvalue weighted by molar-refractivity contribution is 7.17. The van der Waals surface area contributed by atoms with Crippen LogP contribution in [0, 0.1) is 17.2 Å². The Kier molecular flexibility index (Phi) is 4.64. The highest BCUT2D eigenvalue weighted by atomic mass is 31.1. The molecule has 0 N–H and O–H groups in total. The van der Waals surface area contributed by atoms with E-state index >= 15 is 0 Å². The summed E-state index contributed by atoms with van der Waals surface area (Å²) in [6.07, 6.45) is 0. The van der Waals surface area contributed by atoms with Crippen molar-refractivity contribution < 1.29 is 9.09 Å². The number of nitrogens with zero attached hydrogens (tertiary/aromatic N) is 1. The Hall–Kier alpha value is -0.320. The molecular weight excluding hydrogens is 125 g/mol. The Morgan fingerprint density at radius 2 is 2.62 bits per heavy atom. The van der Waals surface area contributed by atoms with Gasteiger partial charge >= 0.3 is 0 Å². The van der Waals surface area contributed by atoms with Crippen LogP contribution in [-0.2, 0) is 9.09 Å². The van der Waals surface area contributed by atoms with Crippen molar-refractivity contribution in [1.82, 2.24) is 0 Å². The van der Waals surface area contributed by atoms with Crippen molar-refractivity contribution in [2.75, 3.05) is 6.61 Å². The lowest BCUT2D eigenvalue weighted by Gasteiger charge is -1.94. The zero-order chi connectivity index (χ0) is 6.41. The van der Waals surface area contributed by atoms with Crippen molar-refractivity contribution in [3.05, 3.63) is 0 Å². The van der Waals surface area contributed by atoms with Gasteiger partial charge in [-0.2, -0.15) is 5.26 Å². The zero-order valence-corrected chi connectivity index (χ0v) is 5.78. The van der Waals surface area contributed by atoms with Gasteiger partial charge in [-0.3, -0.25) is 4.57 Å². The van der Waals surface area contributed by atoms with Gasteiger partial charge in [0, 0.05) is 0 Å². The first-order valence-corrected chi connectivity index (χ1v) is 3.20. The quantitative estimate of drug-likeness (QED) is 0.536.